The molecule has 0 bridgehead atoms. The number of carbonyl (C=O) groups is 1. The second-order valence-electron chi connectivity index (χ2n) is 5.70. The Balaban J connectivity index is 2.76. The fraction of sp³-hybridized carbons (Fsp3) is 0.562. The molecule has 0 fully saturated rings. The van der Waals surface area contributed by atoms with Gasteiger partial charge in [-0.15, -0.1) is 0 Å². The number of amides is 1. The Morgan fingerprint density at radius 1 is 1.35 bits per heavy atom. The first-order valence-corrected chi connectivity index (χ1v) is 7.02. The van der Waals surface area contributed by atoms with Crippen molar-refractivity contribution < 1.29 is 14.6 Å². The van der Waals surface area contributed by atoms with Crippen molar-refractivity contribution in [2.24, 2.45) is 0 Å². The lowest BCUT2D eigenvalue weighted by molar-refractivity contribution is -0.129. The minimum absolute atomic E-state index is 0.155. The normalized spacial score (nSPS) is 14.5. The Bertz CT molecular complexity index is 455. The summed E-state index contributed by atoms with van der Waals surface area (Å²) in [6.45, 7) is 9.35. The molecule has 20 heavy (non-hydrogen) atoms. The smallest absolute Gasteiger partial charge is 0.261 e. The topological polar surface area (TPSA) is 58.6 Å². The molecule has 2 N–H and O–H groups in total. The van der Waals surface area contributed by atoms with Gasteiger partial charge >= 0.3 is 0 Å². The van der Waals surface area contributed by atoms with Gasteiger partial charge in [-0.25, -0.2) is 0 Å². The monoisotopic (exact) mass is 279 g/mol. The molecule has 0 spiro atoms. The first-order chi connectivity index (χ1) is 9.26. The van der Waals surface area contributed by atoms with Gasteiger partial charge in [0.2, 0.25) is 0 Å². The molecule has 112 valence electrons. The highest BCUT2D eigenvalue weighted by Gasteiger charge is 2.23. The first kappa shape index (κ1) is 16.5. The molecule has 1 unspecified atom stereocenters. The molecule has 1 aromatic rings. The van der Waals surface area contributed by atoms with Gasteiger partial charge in [0, 0.05) is 11.1 Å². The highest BCUT2D eigenvalue weighted by atomic mass is 16.5. The molecule has 1 aromatic carbocycles. The Kier molecular flexibility index (Phi) is 5.57. The van der Waals surface area contributed by atoms with Crippen LogP contribution in [0.2, 0.25) is 0 Å². The minimum Gasteiger partial charge on any atom is -0.481 e. The summed E-state index contributed by atoms with van der Waals surface area (Å²) in [6, 6.07) is 7.21. The highest BCUT2D eigenvalue weighted by Crippen LogP contribution is 2.25. The average molecular weight is 279 g/mol. The fourth-order valence-electron chi connectivity index (χ4n) is 1.70. The van der Waals surface area contributed by atoms with E-state index in [1.807, 2.05) is 32.9 Å². The number of aliphatic hydroxyl groups excluding tert-OH is 1. The summed E-state index contributed by atoms with van der Waals surface area (Å²) >= 11 is 0. The van der Waals surface area contributed by atoms with Gasteiger partial charge in [-0.3, -0.25) is 4.79 Å². The Labute approximate surface area is 121 Å². The summed E-state index contributed by atoms with van der Waals surface area (Å²) in [5.41, 5.74) is 0.431. The number of aliphatic hydroxyl groups is 1. The van der Waals surface area contributed by atoms with E-state index in [0.717, 1.165) is 6.42 Å². The number of para-hydroxylation sites is 1. The van der Waals surface area contributed by atoms with E-state index in [4.69, 9.17) is 4.74 Å². The Hall–Kier alpha value is -1.55. The van der Waals surface area contributed by atoms with Crippen LogP contribution in [0.25, 0.3) is 0 Å². The van der Waals surface area contributed by atoms with E-state index in [-0.39, 0.29) is 11.4 Å². The van der Waals surface area contributed by atoms with Crippen LogP contribution in [0.15, 0.2) is 24.3 Å². The number of ether oxygens (including phenoxy) is 1. The van der Waals surface area contributed by atoms with Crippen LogP contribution < -0.4 is 10.1 Å². The van der Waals surface area contributed by atoms with Crippen LogP contribution in [0.3, 0.4) is 0 Å². The van der Waals surface area contributed by atoms with Crippen molar-refractivity contribution in [1.82, 2.24) is 5.32 Å². The molecular weight excluding hydrogens is 254 g/mol. The quantitative estimate of drug-likeness (QED) is 0.842. The standard InChI is InChI=1S/C16H25NO3/c1-6-16(4,5)17-15(19)12(3)20-14-10-8-7-9-13(14)11(2)18/h7-12,18H,6H2,1-5H3,(H,17,19)/t11-,12?/m1/s1. The molecule has 0 aliphatic heterocycles. The van der Waals surface area contributed by atoms with E-state index in [1.165, 1.54) is 0 Å². The van der Waals surface area contributed by atoms with Crippen LogP contribution in [0.4, 0.5) is 0 Å². The van der Waals surface area contributed by atoms with Crippen molar-refractivity contribution in [2.75, 3.05) is 0 Å². The maximum absolute atomic E-state index is 12.1. The van der Waals surface area contributed by atoms with Crippen molar-refractivity contribution in [3.05, 3.63) is 29.8 Å². The van der Waals surface area contributed by atoms with E-state index in [0.29, 0.717) is 11.3 Å². The van der Waals surface area contributed by atoms with Crippen LogP contribution >= 0.6 is 0 Å². The van der Waals surface area contributed by atoms with Crippen molar-refractivity contribution >= 4 is 5.91 Å². The summed E-state index contributed by atoms with van der Waals surface area (Å²) in [5.74, 6) is 0.386. The molecule has 2 atom stereocenters. The predicted octanol–water partition coefficient (Wildman–Crippen LogP) is 2.81. The zero-order valence-corrected chi connectivity index (χ0v) is 12.9. The zero-order chi connectivity index (χ0) is 15.3. The number of hydrogen-bond donors (Lipinski definition) is 2. The van der Waals surface area contributed by atoms with Crippen molar-refractivity contribution in [1.29, 1.82) is 0 Å². The first-order valence-electron chi connectivity index (χ1n) is 7.02. The van der Waals surface area contributed by atoms with Gasteiger partial charge < -0.3 is 15.2 Å². The molecule has 0 aliphatic carbocycles. The number of nitrogens with one attached hydrogen (secondary N) is 1. The lowest BCUT2D eigenvalue weighted by atomic mass is 10.0. The van der Waals surface area contributed by atoms with Crippen molar-refractivity contribution in [2.45, 2.75) is 58.8 Å². The molecule has 0 aliphatic rings. The molecule has 0 saturated heterocycles. The maximum atomic E-state index is 12.1. The van der Waals surface area contributed by atoms with Gasteiger partial charge in [-0.2, -0.15) is 0 Å². The van der Waals surface area contributed by atoms with Gasteiger partial charge in [0.1, 0.15) is 5.75 Å². The molecule has 4 heteroatoms. The fourth-order valence-corrected chi connectivity index (χ4v) is 1.70. The van der Waals surface area contributed by atoms with Gasteiger partial charge in [-0.1, -0.05) is 25.1 Å². The number of carbonyl (C=O) groups excluding carboxylic acids is 1. The summed E-state index contributed by atoms with van der Waals surface area (Å²) in [7, 11) is 0. The SMILES string of the molecule is CCC(C)(C)NC(=O)C(C)Oc1ccccc1[C@@H](C)O. The number of rotatable bonds is 6. The van der Waals surface area contributed by atoms with E-state index in [9.17, 15) is 9.90 Å². The van der Waals surface area contributed by atoms with Crippen LogP contribution in [0.1, 0.15) is 52.7 Å². The third-order valence-corrected chi connectivity index (χ3v) is 3.39. The lowest BCUT2D eigenvalue weighted by Gasteiger charge is -2.27. The Morgan fingerprint density at radius 2 is 1.95 bits per heavy atom. The molecule has 1 rings (SSSR count). The minimum atomic E-state index is -0.631. The Morgan fingerprint density at radius 3 is 2.50 bits per heavy atom. The summed E-state index contributed by atoms with van der Waals surface area (Å²) < 4.78 is 5.69. The summed E-state index contributed by atoms with van der Waals surface area (Å²) in [5, 5.41) is 12.6. The summed E-state index contributed by atoms with van der Waals surface area (Å²) in [6.07, 6.45) is -0.398. The maximum Gasteiger partial charge on any atom is 0.261 e. The van der Waals surface area contributed by atoms with Gasteiger partial charge in [-0.05, 0) is 40.2 Å². The molecule has 0 saturated carbocycles. The lowest BCUT2D eigenvalue weighted by Crippen LogP contribution is -2.48. The molecule has 0 aromatic heterocycles. The average Bonchev–Trinajstić information content (AvgIpc) is 2.38. The van der Waals surface area contributed by atoms with E-state index in [1.54, 1.807) is 26.0 Å². The van der Waals surface area contributed by atoms with Crippen LogP contribution in [-0.2, 0) is 4.79 Å². The predicted molar refractivity (Wildman–Crippen MR) is 79.7 cm³/mol. The zero-order valence-electron chi connectivity index (χ0n) is 12.9. The number of hydrogen-bond acceptors (Lipinski definition) is 3. The largest absolute Gasteiger partial charge is 0.481 e. The molecular formula is C16H25NO3. The van der Waals surface area contributed by atoms with Gasteiger partial charge in [0.15, 0.2) is 6.10 Å². The molecule has 4 nitrogen and oxygen atoms in total. The molecule has 0 heterocycles. The second-order valence-corrected chi connectivity index (χ2v) is 5.70. The third-order valence-electron chi connectivity index (χ3n) is 3.39. The summed E-state index contributed by atoms with van der Waals surface area (Å²) in [4.78, 5) is 12.1. The van der Waals surface area contributed by atoms with E-state index >= 15 is 0 Å². The molecule has 0 radical (unpaired) electrons. The van der Waals surface area contributed by atoms with Crippen molar-refractivity contribution in [3.8, 4) is 5.75 Å². The third kappa shape index (κ3) is 4.53. The van der Waals surface area contributed by atoms with Crippen LogP contribution in [-0.4, -0.2) is 22.7 Å². The van der Waals surface area contributed by atoms with Crippen LogP contribution in [0.5, 0.6) is 5.75 Å². The van der Waals surface area contributed by atoms with E-state index in [2.05, 4.69) is 5.32 Å². The molecule has 1 amide bonds. The van der Waals surface area contributed by atoms with Gasteiger partial charge in [0.05, 0.1) is 6.10 Å². The van der Waals surface area contributed by atoms with Crippen LogP contribution in [0, 0.1) is 0 Å². The van der Waals surface area contributed by atoms with E-state index < -0.39 is 12.2 Å². The highest BCUT2D eigenvalue weighted by molar-refractivity contribution is 5.81. The van der Waals surface area contributed by atoms with Gasteiger partial charge in [0.25, 0.3) is 5.91 Å². The second kappa shape index (κ2) is 6.75. The number of benzene rings is 1. The van der Waals surface area contributed by atoms with Crippen molar-refractivity contribution in [3.63, 3.8) is 0 Å².